The Morgan fingerprint density at radius 3 is 1.93 bits per heavy atom. The number of benzene rings is 3. The van der Waals surface area contributed by atoms with E-state index in [1.807, 2.05) is 0 Å². The summed E-state index contributed by atoms with van der Waals surface area (Å²) in [5.74, 6) is 0.0504. The highest BCUT2D eigenvalue weighted by Gasteiger charge is 2.34. The Labute approximate surface area is 167 Å². The van der Waals surface area contributed by atoms with Gasteiger partial charge in [0, 0.05) is 16.8 Å². The molecule has 0 spiro atoms. The minimum absolute atomic E-state index is 0.0504. The van der Waals surface area contributed by atoms with Crippen molar-refractivity contribution in [2.45, 2.75) is 26.8 Å². The van der Waals surface area contributed by atoms with E-state index >= 15 is 0 Å². The predicted molar refractivity (Wildman–Crippen MR) is 115 cm³/mol. The van der Waals surface area contributed by atoms with Gasteiger partial charge in [0.25, 0.3) is 5.91 Å². The summed E-state index contributed by atoms with van der Waals surface area (Å²) in [6.45, 7) is 6.60. The van der Waals surface area contributed by atoms with Gasteiger partial charge in [-0.05, 0) is 43.0 Å². The molecule has 3 aromatic rings. The Hall–Kier alpha value is -2.91. The van der Waals surface area contributed by atoms with Crippen LogP contribution in [0.15, 0.2) is 60.7 Å². The Bertz CT molecular complexity index is 985. The molecule has 4 rings (SSSR count). The van der Waals surface area contributed by atoms with Crippen LogP contribution in [0.5, 0.6) is 0 Å². The highest BCUT2D eigenvalue weighted by atomic mass is 16.2. The second kappa shape index (κ2) is 7.25. The summed E-state index contributed by atoms with van der Waals surface area (Å²) in [6, 6.07) is 21.5. The molecule has 0 heterocycles. The van der Waals surface area contributed by atoms with Gasteiger partial charge in [0.1, 0.15) is 6.04 Å². The van der Waals surface area contributed by atoms with Crippen LogP contribution in [0.25, 0.3) is 11.1 Å². The molecule has 0 radical (unpaired) electrons. The number of aryl methyl sites for hydroxylation is 3. The van der Waals surface area contributed by atoms with Crippen LogP contribution in [0.2, 0.25) is 0 Å². The topological polar surface area (TPSA) is 33.5 Å². The van der Waals surface area contributed by atoms with E-state index in [0.717, 1.165) is 16.8 Å². The molecule has 1 atom stereocenters. The summed E-state index contributed by atoms with van der Waals surface area (Å²) < 4.78 is 0. The van der Waals surface area contributed by atoms with E-state index in [1.54, 1.807) is 0 Å². The van der Waals surface area contributed by atoms with E-state index in [0.29, 0.717) is 6.54 Å². The second-order valence-corrected chi connectivity index (χ2v) is 7.95. The molecule has 1 unspecified atom stereocenters. The summed E-state index contributed by atoms with van der Waals surface area (Å²) in [7, 11) is 2.11. The number of anilines is 1. The number of amides is 1. The lowest BCUT2D eigenvalue weighted by Gasteiger charge is -2.23. The van der Waals surface area contributed by atoms with Crippen LogP contribution in [-0.2, 0) is 4.79 Å². The van der Waals surface area contributed by atoms with E-state index in [-0.39, 0.29) is 11.9 Å². The average Bonchev–Trinajstić information content (AvgIpc) is 2.99. The number of quaternary nitrogens is 1. The van der Waals surface area contributed by atoms with Crippen molar-refractivity contribution in [3.05, 3.63) is 88.5 Å². The standard InChI is InChI=1S/C25H26N2O/c1-16-13-17(2)24(18(3)14-16)26-23(28)15-27(4)25-21-11-7-5-9-19(21)20-10-6-8-12-22(20)25/h5-14,25H,15H2,1-4H3,(H,26,28)/p+1. The third-order valence-electron chi connectivity index (χ3n) is 5.71. The summed E-state index contributed by atoms with van der Waals surface area (Å²) >= 11 is 0. The maximum atomic E-state index is 12.9. The first-order chi connectivity index (χ1) is 13.5. The molecule has 0 saturated carbocycles. The van der Waals surface area contributed by atoms with E-state index in [2.05, 4.69) is 93.8 Å². The van der Waals surface area contributed by atoms with Crippen LogP contribution in [0.1, 0.15) is 33.9 Å². The molecule has 0 aromatic heterocycles. The third kappa shape index (κ3) is 3.23. The van der Waals surface area contributed by atoms with Crippen LogP contribution in [0.3, 0.4) is 0 Å². The zero-order chi connectivity index (χ0) is 19.8. The van der Waals surface area contributed by atoms with E-state index < -0.39 is 0 Å². The average molecular weight is 372 g/mol. The van der Waals surface area contributed by atoms with E-state index in [1.165, 1.54) is 32.7 Å². The quantitative estimate of drug-likeness (QED) is 0.718. The van der Waals surface area contributed by atoms with Crippen molar-refractivity contribution in [1.29, 1.82) is 0 Å². The molecule has 2 N–H and O–H groups in total. The van der Waals surface area contributed by atoms with Crippen molar-refractivity contribution in [2.24, 2.45) is 0 Å². The molecule has 3 aromatic carbocycles. The molecule has 0 fully saturated rings. The number of hydrogen-bond acceptors (Lipinski definition) is 1. The smallest absolute Gasteiger partial charge is 0.279 e. The molecule has 1 aliphatic rings. The van der Waals surface area contributed by atoms with Crippen LogP contribution in [0.4, 0.5) is 5.69 Å². The van der Waals surface area contributed by atoms with Gasteiger partial charge in [-0.25, -0.2) is 0 Å². The summed E-state index contributed by atoms with van der Waals surface area (Å²) in [5.41, 5.74) is 9.56. The highest BCUT2D eigenvalue weighted by Crippen LogP contribution is 2.41. The van der Waals surface area contributed by atoms with Gasteiger partial charge in [-0.15, -0.1) is 0 Å². The van der Waals surface area contributed by atoms with Gasteiger partial charge in [-0.1, -0.05) is 66.2 Å². The Balaban J connectivity index is 1.57. The van der Waals surface area contributed by atoms with Gasteiger partial charge >= 0.3 is 0 Å². The molecule has 3 nitrogen and oxygen atoms in total. The van der Waals surface area contributed by atoms with Gasteiger partial charge < -0.3 is 10.2 Å². The SMILES string of the molecule is Cc1cc(C)c(NC(=O)C[NH+](C)C2c3ccccc3-c3ccccc32)c(C)c1. The molecule has 0 aliphatic heterocycles. The van der Waals surface area contributed by atoms with Crippen molar-refractivity contribution >= 4 is 11.6 Å². The molecule has 142 valence electrons. The van der Waals surface area contributed by atoms with Crippen molar-refractivity contribution < 1.29 is 9.69 Å². The number of rotatable bonds is 4. The van der Waals surface area contributed by atoms with E-state index in [9.17, 15) is 4.79 Å². The number of nitrogens with one attached hydrogen (secondary N) is 2. The maximum Gasteiger partial charge on any atom is 0.279 e. The first-order valence-corrected chi connectivity index (χ1v) is 9.84. The number of hydrogen-bond donors (Lipinski definition) is 2. The molecular formula is C25H27N2O+. The van der Waals surface area contributed by atoms with E-state index in [4.69, 9.17) is 0 Å². The second-order valence-electron chi connectivity index (χ2n) is 7.95. The van der Waals surface area contributed by atoms with Crippen LogP contribution in [0, 0.1) is 20.8 Å². The largest absolute Gasteiger partial charge is 0.321 e. The molecule has 1 aliphatic carbocycles. The fourth-order valence-electron chi connectivity index (χ4n) is 4.60. The lowest BCUT2D eigenvalue weighted by Crippen LogP contribution is -3.10. The Morgan fingerprint density at radius 2 is 1.39 bits per heavy atom. The minimum Gasteiger partial charge on any atom is -0.321 e. The van der Waals surface area contributed by atoms with Gasteiger partial charge in [0.2, 0.25) is 0 Å². The minimum atomic E-state index is 0.0504. The monoisotopic (exact) mass is 371 g/mol. The fourth-order valence-corrected chi connectivity index (χ4v) is 4.60. The van der Waals surface area contributed by atoms with Gasteiger partial charge in [-0.2, -0.15) is 0 Å². The number of carbonyl (C=O) groups excluding carboxylic acids is 1. The molecule has 3 heteroatoms. The Kier molecular flexibility index (Phi) is 4.78. The molecule has 0 saturated heterocycles. The first kappa shape index (κ1) is 18.5. The van der Waals surface area contributed by atoms with Gasteiger partial charge in [0.05, 0.1) is 7.05 Å². The van der Waals surface area contributed by atoms with Crippen molar-refractivity contribution in [2.75, 3.05) is 18.9 Å². The Morgan fingerprint density at radius 1 is 0.893 bits per heavy atom. The lowest BCUT2D eigenvalue weighted by atomic mass is 10.0. The summed E-state index contributed by atoms with van der Waals surface area (Å²) in [4.78, 5) is 14.0. The summed E-state index contributed by atoms with van der Waals surface area (Å²) in [6.07, 6.45) is 0. The zero-order valence-corrected chi connectivity index (χ0v) is 17.0. The maximum absolute atomic E-state index is 12.9. The predicted octanol–water partition coefficient (Wildman–Crippen LogP) is 3.84. The molecule has 1 amide bonds. The van der Waals surface area contributed by atoms with Crippen molar-refractivity contribution in [3.63, 3.8) is 0 Å². The number of likely N-dealkylation sites (N-methyl/N-ethyl adjacent to an activating group) is 1. The zero-order valence-electron chi connectivity index (χ0n) is 17.0. The van der Waals surface area contributed by atoms with Crippen LogP contribution in [-0.4, -0.2) is 19.5 Å². The van der Waals surface area contributed by atoms with Crippen LogP contribution < -0.4 is 10.2 Å². The van der Waals surface area contributed by atoms with Crippen LogP contribution >= 0.6 is 0 Å². The molecule has 28 heavy (non-hydrogen) atoms. The molecular weight excluding hydrogens is 344 g/mol. The third-order valence-corrected chi connectivity index (χ3v) is 5.71. The number of carbonyl (C=O) groups is 1. The lowest BCUT2D eigenvalue weighted by molar-refractivity contribution is -0.897. The summed E-state index contributed by atoms with van der Waals surface area (Å²) in [5, 5.41) is 3.15. The first-order valence-electron chi connectivity index (χ1n) is 9.84. The van der Waals surface area contributed by atoms with Crippen molar-refractivity contribution in [3.8, 4) is 11.1 Å². The van der Waals surface area contributed by atoms with Gasteiger partial charge in [-0.3, -0.25) is 4.79 Å². The molecule has 0 bridgehead atoms. The highest BCUT2D eigenvalue weighted by molar-refractivity contribution is 5.93. The number of fused-ring (bicyclic) bond motifs is 3. The van der Waals surface area contributed by atoms with Crippen molar-refractivity contribution in [1.82, 2.24) is 0 Å². The fraction of sp³-hybridized carbons (Fsp3) is 0.240. The van der Waals surface area contributed by atoms with Gasteiger partial charge in [0.15, 0.2) is 6.54 Å². The normalized spacial score (nSPS) is 13.7.